The van der Waals surface area contributed by atoms with E-state index in [2.05, 4.69) is 11.4 Å². The third-order valence-corrected chi connectivity index (χ3v) is 5.57. The van der Waals surface area contributed by atoms with Gasteiger partial charge in [-0.25, -0.2) is 4.39 Å². The summed E-state index contributed by atoms with van der Waals surface area (Å²) in [6.45, 7) is 0. The first-order chi connectivity index (χ1) is 12.1. The van der Waals surface area contributed by atoms with Gasteiger partial charge in [0.2, 0.25) is 5.91 Å². The van der Waals surface area contributed by atoms with Gasteiger partial charge in [0, 0.05) is 0 Å². The Bertz CT molecular complexity index is 813. The molecule has 1 saturated carbocycles. The van der Waals surface area contributed by atoms with Crippen LogP contribution in [0.15, 0.2) is 42.5 Å². The lowest BCUT2D eigenvalue weighted by atomic mass is 9.94. The highest BCUT2D eigenvalue weighted by Crippen LogP contribution is 2.50. The molecule has 4 rings (SSSR count). The van der Waals surface area contributed by atoms with Crippen LogP contribution in [0.4, 0.5) is 4.39 Å². The Balaban J connectivity index is 1.50. The van der Waals surface area contributed by atoms with E-state index in [1.807, 2.05) is 18.2 Å². The Hall–Kier alpha value is -2.36. The van der Waals surface area contributed by atoms with Crippen LogP contribution >= 0.6 is 0 Å². The van der Waals surface area contributed by atoms with E-state index in [9.17, 15) is 9.18 Å². The first-order valence-corrected chi connectivity index (χ1v) is 8.83. The lowest BCUT2D eigenvalue weighted by Gasteiger charge is -2.20. The topological polar surface area (TPSA) is 38.3 Å². The molecule has 1 unspecified atom stereocenters. The van der Waals surface area contributed by atoms with Crippen LogP contribution in [0, 0.1) is 11.2 Å². The molecule has 1 amide bonds. The molecule has 0 heterocycles. The first-order valence-electron chi connectivity index (χ1n) is 8.83. The van der Waals surface area contributed by atoms with E-state index in [1.165, 1.54) is 11.6 Å². The van der Waals surface area contributed by atoms with Crippen LogP contribution in [0.3, 0.4) is 0 Å². The molecule has 2 aliphatic carbocycles. The zero-order valence-electron chi connectivity index (χ0n) is 14.3. The van der Waals surface area contributed by atoms with E-state index in [0.717, 1.165) is 37.0 Å². The molecule has 0 spiro atoms. The predicted octanol–water partition coefficient (Wildman–Crippen LogP) is 3.96. The number of carbonyl (C=O) groups is 1. The Morgan fingerprint density at radius 2 is 2.04 bits per heavy atom. The summed E-state index contributed by atoms with van der Waals surface area (Å²) < 4.78 is 19.4. The minimum absolute atomic E-state index is 0.0238. The van der Waals surface area contributed by atoms with E-state index in [0.29, 0.717) is 12.0 Å². The van der Waals surface area contributed by atoms with Gasteiger partial charge in [-0.05, 0) is 60.9 Å². The van der Waals surface area contributed by atoms with Crippen LogP contribution in [-0.2, 0) is 17.6 Å². The standard InChI is InChI=1S/C21H22FNO2/c1-25-19-8-4-6-15-16(19)9-10-18(15)23-20(24)21(11-12-21)13-14-5-2-3-7-17(14)22/h2-8,18H,9-13H2,1H3,(H,23,24). The summed E-state index contributed by atoms with van der Waals surface area (Å²) in [7, 11) is 1.68. The van der Waals surface area contributed by atoms with Gasteiger partial charge in [0.15, 0.2) is 0 Å². The van der Waals surface area contributed by atoms with Gasteiger partial charge in [-0.15, -0.1) is 0 Å². The summed E-state index contributed by atoms with van der Waals surface area (Å²) in [5.41, 5.74) is 2.52. The number of hydrogen-bond acceptors (Lipinski definition) is 2. The van der Waals surface area contributed by atoms with Gasteiger partial charge in [0.1, 0.15) is 11.6 Å². The van der Waals surface area contributed by atoms with Crippen LogP contribution < -0.4 is 10.1 Å². The predicted molar refractivity (Wildman–Crippen MR) is 94.0 cm³/mol. The fourth-order valence-corrected chi connectivity index (χ4v) is 3.91. The van der Waals surface area contributed by atoms with Crippen molar-refractivity contribution in [2.75, 3.05) is 7.11 Å². The van der Waals surface area contributed by atoms with Gasteiger partial charge in [0.05, 0.1) is 18.6 Å². The number of hydrogen-bond donors (Lipinski definition) is 1. The summed E-state index contributed by atoms with van der Waals surface area (Å²) >= 11 is 0. The van der Waals surface area contributed by atoms with Crippen LogP contribution in [-0.4, -0.2) is 13.0 Å². The van der Waals surface area contributed by atoms with Crippen molar-refractivity contribution in [1.29, 1.82) is 0 Å². The maximum Gasteiger partial charge on any atom is 0.227 e. The molecule has 2 aliphatic rings. The fraction of sp³-hybridized carbons (Fsp3) is 0.381. The molecule has 0 aromatic heterocycles. The SMILES string of the molecule is COc1cccc2c1CCC2NC(=O)C1(Cc2ccccc2F)CC1. The van der Waals surface area contributed by atoms with Gasteiger partial charge in [-0.3, -0.25) is 4.79 Å². The molecule has 0 saturated heterocycles. The summed E-state index contributed by atoms with van der Waals surface area (Å²) in [6.07, 6.45) is 3.92. The highest BCUT2D eigenvalue weighted by Gasteiger charge is 2.50. The fourth-order valence-electron chi connectivity index (χ4n) is 3.91. The Kier molecular flexibility index (Phi) is 3.98. The van der Waals surface area contributed by atoms with Crippen molar-refractivity contribution in [2.24, 2.45) is 5.41 Å². The van der Waals surface area contributed by atoms with Crippen molar-refractivity contribution in [3.8, 4) is 5.75 Å². The smallest absolute Gasteiger partial charge is 0.227 e. The second kappa shape index (κ2) is 6.17. The average molecular weight is 339 g/mol. The minimum Gasteiger partial charge on any atom is -0.496 e. The zero-order chi connectivity index (χ0) is 17.4. The first kappa shape index (κ1) is 16.1. The quantitative estimate of drug-likeness (QED) is 0.895. The summed E-state index contributed by atoms with van der Waals surface area (Å²) in [5, 5.41) is 3.21. The molecule has 25 heavy (non-hydrogen) atoms. The van der Waals surface area contributed by atoms with E-state index < -0.39 is 5.41 Å². The number of ether oxygens (including phenoxy) is 1. The number of benzene rings is 2. The highest BCUT2D eigenvalue weighted by atomic mass is 19.1. The summed E-state index contributed by atoms with van der Waals surface area (Å²) in [6, 6.07) is 12.8. The number of amides is 1. The van der Waals surface area contributed by atoms with Crippen molar-refractivity contribution in [2.45, 2.75) is 38.1 Å². The van der Waals surface area contributed by atoms with Gasteiger partial charge >= 0.3 is 0 Å². The van der Waals surface area contributed by atoms with E-state index in [4.69, 9.17) is 4.74 Å². The lowest BCUT2D eigenvalue weighted by molar-refractivity contribution is -0.127. The van der Waals surface area contributed by atoms with Crippen molar-refractivity contribution in [3.63, 3.8) is 0 Å². The maximum absolute atomic E-state index is 14.0. The number of methoxy groups -OCH3 is 1. The van der Waals surface area contributed by atoms with E-state index in [1.54, 1.807) is 19.2 Å². The average Bonchev–Trinajstić information content (AvgIpc) is 3.30. The maximum atomic E-state index is 14.0. The minimum atomic E-state index is -0.441. The number of nitrogens with one attached hydrogen (secondary N) is 1. The molecule has 2 aromatic carbocycles. The van der Waals surface area contributed by atoms with Gasteiger partial charge < -0.3 is 10.1 Å². The molecule has 4 heteroatoms. The monoisotopic (exact) mass is 339 g/mol. The van der Waals surface area contributed by atoms with Crippen LogP contribution in [0.25, 0.3) is 0 Å². The molecule has 130 valence electrons. The second-order valence-electron chi connectivity index (χ2n) is 7.14. The number of carbonyl (C=O) groups excluding carboxylic acids is 1. The van der Waals surface area contributed by atoms with Crippen LogP contribution in [0.1, 0.15) is 42.0 Å². The van der Waals surface area contributed by atoms with Crippen LogP contribution in [0.2, 0.25) is 0 Å². The van der Waals surface area contributed by atoms with Crippen LogP contribution in [0.5, 0.6) is 5.75 Å². The van der Waals surface area contributed by atoms with Crippen molar-refractivity contribution >= 4 is 5.91 Å². The van der Waals surface area contributed by atoms with Gasteiger partial charge in [0.25, 0.3) is 0 Å². The summed E-state index contributed by atoms with van der Waals surface area (Å²) in [4.78, 5) is 12.9. The van der Waals surface area contributed by atoms with Crippen molar-refractivity contribution in [1.82, 2.24) is 5.32 Å². The van der Waals surface area contributed by atoms with Gasteiger partial charge in [-0.1, -0.05) is 30.3 Å². The number of halogens is 1. The lowest BCUT2D eigenvalue weighted by Crippen LogP contribution is -2.35. The summed E-state index contributed by atoms with van der Waals surface area (Å²) in [5.74, 6) is 0.718. The number of fused-ring (bicyclic) bond motifs is 1. The highest BCUT2D eigenvalue weighted by molar-refractivity contribution is 5.86. The molecule has 1 N–H and O–H groups in total. The molecule has 3 nitrogen and oxygen atoms in total. The largest absolute Gasteiger partial charge is 0.496 e. The normalized spacial score (nSPS) is 20.0. The molecule has 0 radical (unpaired) electrons. The second-order valence-corrected chi connectivity index (χ2v) is 7.14. The Morgan fingerprint density at radius 1 is 1.24 bits per heavy atom. The molecule has 0 bridgehead atoms. The molecule has 1 fully saturated rings. The molecule has 2 aromatic rings. The van der Waals surface area contributed by atoms with Crippen molar-refractivity contribution in [3.05, 3.63) is 65.0 Å². The van der Waals surface area contributed by atoms with E-state index in [-0.39, 0.29) is 17.8 Å². The Labute approximate surface area is 147 Å². The molecule has 1 atom stereocenters. The van der Waals surface area contributed by atoms with Gasteiger partial charge in [-0.2, -0.15) is 0 Å². The Morgan fingerprint density at radius 3 is 2.76 bits per heavy atom. The number of rotatable bonds is 5. The molecular formula is C21H22FNO2. The van der Waals surface area contributed by atoms with E-state index >= 15 is 0 Å². The molecule has 0 aliphatic heterocycles. The third-order valence-electron chi connectivity index (χ3n) is 5.57. The molecular weight excluding hydrogens is 317 g/mol. The van der Waals surface area contributed by atoms with Crippen molar-refractivity contribution < 1.29 is 13.9 Å². The zero-order valence-corrected chi connectivity index (χ0v) is 14.3. The third kappa shape index (κ3) is 2.90.